The third-order valence-corrected chi connectivity index (χ3v) is 7.61. The molecule has 0 amide bonds. The lowest BCUT2D eigenvalue weighted by Gasteiger charge is -2.18. The number of fused-ring (bicyclic) bond motifs is 1. The van der Waals surface area contributed by atoms with Crippen LogP contribution in [0, 0.1) is 12.7 Å². The van der Waals surface area contributed by atoms with E-state index >= 15 is 0 Å². The SMILES string of the molecule is CCC(C)c1cc(CC[N+](=Cc2cc(NC3N=CNC=N3)c3ncccc3c2)CC)nc(-c2ccc(F)cc2)c1C. The van der Waals surface area contributed by atoms with Crippen LogP contribution < -0.4 is 10.6 Å². The van der Waals surface area contributed by atoms with E-state index < -0.39 is 6.29 Å². The smallest absolute Gasteiger partial charge is 0.217 e. The first-order valence-corrected chi connectivity index (χ1v) is 14.2. The number of benzene rings is 2. The fourth-order valence-electron chi connectivity index (χ4n) is 5.13. The fraction of sp³-hybridized carbons (Fsp3) is 0.303. The van der Waals surface area contributed by atoms with Crippen LogP contribution in [0.3, 0.4) is 0 Å². The molecule has 7 nitrogen and oxygen atoms in total. The van der Waals surface area contributed by atoms with Crippen LogP contribution >= 0.6 is 0 Å². The van der Waals surface area contributed by atoms with E-state index in [1.165, 1.54) is 23.3 Å². The standard InChI is InChI=1S/C33H37FN7/c1-5-22(3)29-18-28(39-31(23(29)4)25-9-11-27(34)12-10-25)13-15-41(6-2)19-24-16-26-8-7-14-36-32(26)30(17-24)40-33-37-20-35-21-38-33/h7-12,14,16-22,33,40H,5-6,13,15H2,1-4H3,(H,35,37,38)/q+1. The van der Waals surface area contributed by atoms with Crippen molar-refractivity contribution in [3.8, 4) is 11.3 Å². The quantitative estimate of drug-likeness (QED) is 0.179. The van der Waals surface area contributed by atoms with Crippen LogP contribution in [0.2, 0.25) is 0 Å². The number of halogens is 1. The van der Waals surface area contributed by atoms with Gasteiger partial charge in [0.25, 0.3) is 0 Å². The molecule has 5 rings (SSSR count). The van der Waals surface area contributed by atoms with Crippen LogP contribution in [0.5, 0.6) is 0 Å². The summed E-state index contributed by atoms with van der Waals surface area (Å²) in [5, 5.41) is 7.31. The van der Waals surface area contributed by atoms with Crippen molar-refractivity contribution in [2.45, 2.75) is 52.7 Å². The fourth-order valence-corrected chi connectivity index (χ4v) is 5.13. The largest absolute Gasteiger partial charge is 0.344 e. The van der Waals surface area contributed by atoms with Gasteiger partial charge in [0.1, 0.15) is 18.9 Å². The second kappa shape index (κ2) is 12.8. The summed E-state index contributed by atoms with van der Waals surface area (Å²) in [6.07, 6.45) is 8.68. The number of pyridine rings is 2. The molecule has 1 aliphatic rings. The van der Waals surface area contributed by atoms with E-state index in [-0.39, 0.29) is 5.82 Å². The molecule has 0 saturated heterocycles. The molecule has 2 aromatic carbocycles. The Morgan fingerprint density at radius 1 is 1.07 bits per heavy atom. The minimum Gasteiger partial charge on any atom is -0.344 e. The Kier molecular flexibility index (Phi) is 8.77. The molecule has 1 atom stereocenters. The van der Waals surface area contributed by atoms with E-state index in [0.29, 0.717) is 5.92 Å². The molecule has 2 N–H and O–H groups in total. The molecule has 0 aliphatic carbocycles. The molecule has 0 fully saturated rings. The van der Waals surface area contributed by atoms with Gasteiger partial charge < -0.3 is 10.6 Å². The molecule has 0 radical (unpaired) electrons. The molecule has 8 heteroatoms. The lowest BCUT2D eigenvalue weighted by atomic mass is 9.91. The van der Waals surface area contributed by atoms with E-state index in [1.54, 1.807) is 18.9 Å². The van der Waals surface area contributed by atoms with Crippen molar-refractivity contribution >= 4 is 35.5 Å². The van der Waals surface area contributed by atoms with E-state index in [9.17, 15) is 4.39 Å². The average molecular weight is 551 g/mol. The predicted octanol–water partition coefficient (Wildman–Crippen LogP) is 6.31. The lowest BCUT2D eigenvalue weighted by molar-refractivity contribution is -0.518. The molecule has 1 aliphatic heterocycles. The summed E-state index contributed by atoms with van der Waals surface area (Å²) in [6, 6.07) is 17.2. The number of hydrogen-bond donors (Lipinski definition) is 2. The van der Waals surface area contributed by atoms with Crippen molar-refractivity contribution in [1.82, 2.24) is 15.3 Å². The summed E-state index contributed by atoms with van der Waals surface area (Å²) in [5.41, 5.74) is 8.24. The van der Waals surface area contributed by atoms with Crippen LogP contribution in [-0.4, -0.2) is 52.8 Å². The number of hydrogen-bond acceptors (Lipinski definition) is 6. The van der Waals surface area contributed by atoms with Crippen molar-refractivity contribution in [1.29, 1.82) is 0 Å². The number of aliphatic imine (C=N–C) groups is 2. The highest BCUT2D eigenvalue weighted by Gasteiger charge is 2.17. The number of aromatic nitrogens is 2. The van der Waals surface area contributed by atoms with Crippen LogP contribution in [0.4, 0.5) is 10.1 Å². The maximum atomic E-state index is 13.6. The third-order valence-electron chi connectivity index (χ3n) is 7.61. The summed E-state index contributed by atoms with van der Waals surface area (Å²) >= 11 is 0. The third kappa shape index (κ3) is 6.65. The number of nitrogens with one attached hydrogen (secondary N) is 2. The van der Waals surface area contributed by atoms with Crippen LogP contribution in [0.15, 0.2) is 70.8 Å². The van der Waals surface area contributed by atoms with Gasteiger partial charge in [-0.2, -0.15) is 0 Å². The number of anilines is 1. The topological polar surface area (TPSA) is 77.6 Å². The molecule has 4 aromatic rings. The maximum absolute atomic E-state index is 13.6. The number of nitrogens with zero attached hydrogens (tertiary/aromatic N) is 5. The summed E-state index contributed by atoms with van der Waals surface area (Å²) in [7, 11) is 0. The predicted molar refractivity (Wildman–Crippen MR) is 167 cm³/mol. The Labute approximate surface area is 241 Å². The van der Waals surface area contributed by atoms with Crippen LogP contribution in [0.25, 0.3) is 22.2 Å². The summed E-state index contributed by atoms with van der Waals surface area (Å²) < 4.78 is 16.0. The van der Waals surface area contributed by atoms with Crippen molar-refractivity contribution in [2.75, 3.05) is 18.4 Å². The molecule has 0 saturated carbocycles. The molecule has 41 heavy (non-hydrogen) atoms. The van der Waals surface area contributed by atoms with E-state index in [1.807, 2.05) is 18.2 Å². The van der Waals surface area contributed by atoms with Gasteiger partial charge in [-0.05, 0) is 85.8 Å². The van der Waals surface area contributed by atoms with Gasteiger partial charge in [0, 0.05) is 34.8 Å². The van der Waals surface area contributed by atoms with E-state index in [4.69, 9.17) is 4.98 Å². The van der Waals surface area contributed by atoms with E-state index in [0.717, 1.165) is 65.0 Å². The zero-order valence-corrected chi connectivity index (χ0v) is 24.1. The van der Waals surface area contributed by atoms with Gasteiger partial charge in [-0.15, -0.1) is 0 Å². The molecule has 210 valence electrons. The van der Waals surface area contributed by atoms with Crippen molar-refractivity contribution in [2.24, 2.45) is 9.98 Å². The zero-order valence-electron chi connectivity index (χ0n) is 24.1. The molecule has 1 unspecified atom stereocenters. The van der Waals surface area contributed by atoms with Crippen molar-refractivity contribution in [3.05, 3.63) is 89.0 Å². The highest BCUT2D eigenvalue weighted by Crippen LogP contribution is 2.31. The van der Waals surface area contributed by atoms with Crippen LogP contribution in [0.1, 0.15) is 55.5 Å². The average Bonchev–Trinajstić information content (AvgIpc) is 3.00. The van der Waals surface area contributed by atoms with Crippen molar-refractivity contribution in [3.63, 3.8) is 0 Å². The minimum atomic E-state index is -0.401. The lowest BCUT2D eigenvalue weighted by Crippen LogP contribution is -2.24. The second-order valence-corrected chi connectivity index (χ2v) is 10.4. The Balaban J connectivity index is 1.44. The highest BCUT2D eigenvalue weighted by molar-refractivity contribution is 5.96. The number of likely N-dealkylation sites (N-methyl/N-ethyl adjacent to an activating group) is 1. The Hall–Kier alpha value is -4.46. The molecule has 3 heterocycles. The van der Waals surface area contributed by atoms with Gasteiger partial charge in [0.05, 0.1) is 29.6 Å². The van der Waals surface area contributed by atoms with Gasteiger partial charge >= 0.3 is 0 Å². The zero-order chi connectivity index (χ0) is 28.8. The summed E-state index contributed by atoms with van der Waals surface area (Å²) in [5.74, 6) is 0.174. The van der Waals surface area contributed by atoms with Gasteiger partial charge in [-0.25, -0.2) is 19.0 Å². The Bertz CT molecular complexity index is 1600. The first-order valence-electron chi connectivity index (χ1n) is 14.2. The maximum Gasteiger partial charge on any atom is 0.217 e. The Morgan fingerprint density at radius 3 is 2.59 bits per heavy atom. The van der Waals surface area contributed by atoms with Crippen LogP contribution in [-0.2, 0) is 6.42 Å². The highest BCUT2D eigenvalue weighted by atomic mass is 19.1. The minimum absolute atomic E-state index is 0.238. The van der Waals surface area contributed by atoms with E-state index in [2.05, 4.69) is 88.4 Å². The molecule has 0 spiro atoms. The van der Waals surface area contributed by atoms with Gasteiger partial charge in [-0.3, -0.25) is 9.97 Å². The molecular weight excluding hydrogens is 513 g/mol. The van der Waals surface area contributed by atoms with Gasteiger partial charge in [0.15, 0.2) is 6.21 Å². The second-order valence-electron chi connectivity index (χ2n) is 10.4. The molecule has 0 bridgehead atoms. The van der Waals surface area contributed by atoms with Crippen molar-refractivity contribution < 1.29 is 8.97 Å². The normalized spacial score (nSPS) is 14.3. The number of rotatable bonds is 10. The first kappa shape index (κ1) is 28.1. The first-order chi connectivity index (χ1) is 19.9. The summed E-state index contributed by atoms with van der Waals surface area (Å²) in [4.78, 5) is 18.4. The monoisotopic (exact) mass is 550 g/mol. The Morgan fingerprint density at radius 2 is 1.85 bits per heavy atom. The molecular formula is C33H37FN7+. The summed E-state index contributed by atoms with van der Waals surface area (Å²) in [6.45, 7) is 10.4. The molecule has 2 aromatic heterocycles. The van der Waals surface area contributed by atoms with Gasteiger partial charge in [0.2, 0.25) is 6.29 Å². The van der Waals surface area contributed by atoms with Gasteiger partial charge in [-0.1, -0.05) is 19.9 Å².